The number of non-ortho nitro benzene ring substituents is 1. The fourth-order valence-electron chi connectivity index (χ4n) is 2.18. The van der Waals surface area contributed by atoms with Gasteiger partial charge in [-0.15, -0.1) is 0 Å². The van der Waals surface area contributed by atoms with Crippen LogP contribution in [-0.4, -0.2) is 27.9 Å². The van der Waals surface area contributed by atoms with E-state index in [0.29, 0.717) is 6.54 Å². The van der Waals surface area contributed by atoms with Crippen LogP contribution < -0.4 is 5.32 Å². The zero-order valence-electron chi connectivity index (χ0n) is 11.3. The predicted molar refractivity (Wildman–Crippen MR) is 85.5 cm³/mol. The summed E-state index contributed by atoms with van der Waals surface area (Å²) in [4.78, 5) is 22.4. The summed E-state index contributed by atoms with van der Waals surface area (Å²) in [5.41, 5.74) is -0.224. The Balaban J connectivity index is 2.16. The Morgan fingerprint density at radius 2 is 2.24 bits per heavy atom. The number of carbonyl (C=O) groups excluding carboxylic acids is 1. The highest BCUT2D eigenvalue weighted by atomic mass is 35.5. The maximum Gasteiger partial charge on any atom is 0.271 e. The first kappa shape index (κ1) is 16.4. The van der Waals surface area contributed by atoms with Crippen molar-refractivity contribution in [1.82, 2.24) is 5.32 Å². The van der Waals surface area contributed by atoms with Gasteiger partial charge in [-0.1, -0.05) is 23.2 Å². The molecule has 5 nitrogen and oxygen atoms in total. The highest BCUT2D eigenvalue weighted by molar-refractivity contribution is 8.00. The molecular weight excluding hydrogens is 335 g/mol. The number of nitrogens with one attached hydrogen (secondary N) is 1. The number of amides is 1. The van der Waals surface area contributed by atoms with Gasteiger partial charge in [-0.25, -0.2) is 0 Å². The minimum atomic E-state index is -0.604. The molecule has 1 aromatic rings. The van der Waals surface area contributed by atoms with Crippen molar-refractivity contribution in [2.75, 3.05) is 12.3 Å². The molecule has 1 amide bonds. The van der Waals surface area contributed by atoms with E-state index in [1.807, 2.05) is 11.8 Å². The summed E-state index contributed by atoms with van der Waals surface area (Å²) in [6.07, 6.45) is 2.15. The molecule has 1 N–H and O–H groups in total. The lowest BCUT2D eigenvalue weighted by molar-refractivity contribution is -0.384. The SMILES string of the molecule is CC1(CNC(=O)c2cc([N+](=O)[O-])cc(Cl)c2Cl)CCCS1. The topological polar surface area (TPSA) is 72.2 Å². The third kappa shape index (κ3) is 3.81. The number of nitro benzene ring substituents is 1. The summed E-state index contributed by atoms with van der Waals surface area (Å²) in [6, 6.07) is 2.28. The third-order valence-electron chi connectivity index (χ3n) is 3.39. The number of hydrogen-bond donors (Lipinski definition) is 1. The first-order valence-corrected chi connectivity index (χ1v) is 8.12. The van der Waals surface area contributed by atoms with Gasteiger partial charge in [-0.3, -0.25) is 14.9 Å². The Bertz CT molecular complexity index is 589. The van der Waals surface area contributed by atoms with Crippen molar-refractivity contribution in [3.63, 3.8) is 0 Å². The molecule has 0 aliphatic carbocycles. The monoisotopic (exact) mass is 348 g/mol. The lowest BCUT2D eigenvalue weighted by Gasteiger charge is -2.23. The molecule has 0 bridgehead atoms. The number of carbonyl (C=O) groups is 1. The molecule has 1 unspecified atom stereocenters. The zero-order valence-corrected chi connectivity index (χ0v) is 13.6. The third-order valence-corrected chi connectivity index (χ3v) is 5.73. The average molecular weight is 349 g/mol. The van der Waals surface area contributed by atoms with E-state index in [9.17, 15) is 14.9 Å². The molecule has 0 spiro atoms. The molecule has 2 rings (SSSR count). The first-order chi connectivity index (χ1) is 9.82. The second-order valence-electron chi connectivity index (χ2n) is 5.13. The molecule has 1 heterocycles. The molecule has 1 aliphatic rings. The quantitative estimate of drug-likeness (QED) is 0.661. The predicted octanol–water partition coefficient (Wildman–Crippen LogP) is 3.92. The highest BCUT2D eigenvalue weighted by Gasteiger charge is 2.30. The van der Waals surface area contributed by atoms with Crippen LogP contribution in [0, 0.1) is 10.1 Å². The Labute approximate surface area is 136 Å². The molecule has 0 saturated carbocycles. The van der Waals surface area contributed by atoms with Gasteiger partial charge in [-0.05, 0) is 25.5 Å². The number of benzene rings is 1. The van der Waals surface area contributed by atoms with Crippen LogP contribution in [0.3, 0.4) is 0 Å². The summed E-state index contributed by atoms with van der Waals surface area (Å²) in [6.45, 7) is 2.58. The zero-order chi connectivity index (χ0) is 15.6. The van der Waals surface area contributed by atoms with Crippen molar-refractivity contribution in [3.8, 4) is 0 Å². The van der Waals surface area contributed by atoms with Crippen LogP contribution in [0.4, 0.5) is 5.69 Å². The van der Waals surface area contributed by atoms with Gasteiger partial charge in [0.25, 0.3) is 11.6 Å². The van der Waals surface area contributed by atoms with E-state index in [1.54, 1.807) is 0 Å². The van der Waals surface area contributed by atoms with Crippen molar-refractivity contribution >= 4 is 46.6 Å². The lowest BCUT2D eigenvalue weighted by atomic mass is 10.1. The normalized spacial score (nSPS) is 21.3. The molecule has 0 radical (unpaired) electrons. The van der Waals surface area contributed by atoms with Crippen molar-refractivity contribution in [2.24, 2.45) is 0 Å². The van der Waals surface area contributed by atoms with Gasteiger partial charge in [0.15, 0.2) is 0 Å². The van der Waals surface area contributed by atoms with E-state index in [4.69, 9.17) is 23.2 Å². The molecule has 114 valence electrons. The Morgan fingerprint density at radius 3 is 2.81 bits per heavy atom. The van der Waals surface area contributed by atoms with Crippen molar-refractivity contribution < 1.29 is 9.72 Å². The average Bonchev–Trinajstić information content (AvgIpc) is 2.86. The Hall–Kier alpha value is -0.980. The van der Waals surface area contributed by atoms with Gasteiger partial charge >= 0.3 is 0 Å². The van der Waals surface area contributed by atoms with E-state index in [2.05, 4.69) is 12.2 Å². The number of hydrogen-bond acceptors (Lipinski definition) is 4. The minimum absolute atomic E-state index is 0.00234. The number of thioether (sulfide) groups is 1. The molecule has 1 saturated heterocycles. The Morgan fingerprint density at radius 1 is 1.52 bits per heavy atom. The minimum Gasteiger partial charge on any atom is -0.351 e. The fraction of sp³-hybridized carbons (Fsp3) is 0.462. The van der Waals surface area contributed by atoms with Gasteiger partial charge in [0, 0.05) is 23.4 Å². The van der Waals surface area contributed by atoms with Gasteiger partial charge in [-0.2, -0.15) is 11.8 Å². The largest absolute Gasteiger partial charge is 0.351 e. The molecule has 1 fully saturated rings. The lowest BCUT2D eigenvalue weighted by Crippen LogP contribution is -2.36. The fourth-order valence-corrected chi connectivity index (χ4v) is 3.84. The van der Waals surface area contributed by atoms with Gasteiger partial charge in [0.05, 0.1) is 20.5 Å². The molecule has 1 aliphatic heterocycles. The summed E-state index contributed by atoms with van der Waals surface area (Å²) in [5.74, 6) is 0.634. The molecule has 0 aromatic heterocycles. The van der Waals surface area contributed by atoms with E-state index in [-0.39, 0.29) is 26.0 Å². The first-order valence-electron chi connectivity index (χ1n) is 6.38. The summed E-state index contributed by atoms with van der Waals surface area (Å²) >= 11 is 13.6. The summed E-state index contributed by atoms with van der Waals surface area (Å²) in [7, 11) is 0. The second kappa shape index (κ2) is 6.42. The number of nitro groups is 1. The van der Waals surface area contributed by atoms with Crippen LogP contribution in [-0.2, 0) is 0 Å². The number of rotatable bonds is 4. The summed E-state index contributed by atoms with van der Waals surface area (Å²) < 4.78 is 0.00659. The molecule has 1 aromatic carbocycles. The number of nitrogens with zero attached hydrogens (tertiary/aromatic N) is 1. The van der Waals surface area contributed by atoms with E-state index >= 15 is 0 Å². The smallest absolute Gasteiger partial charge is 0.271 e. The van der Waals surface area contributed by atoms with E-state index in [0.717, 1.165) is 30.7 Å². The van der Waals surface area contributed by atoms with Gasteiger partial charge in [0.2, 0.25) is 0 Å². The van der Waals surface area contributed by atoms with E-state index < -0.39 is 10.8 Å². The molecule has 8 heteroatoms. The van der Waals surface area contributed by atoms with Crippen LogP contribution in [0.15, 0.2) is 12.1 Å². The van der Waals surface area contributed by atoms with E-state index in [1.165, 1.54) is 0 Å². The van der Waals surface area contributed by atoms with Crippen LogP contribution in [0.5, 0.6) is 0 Å². The van der Waals surface area contributed by atoms with Gasteiger partial charge < -0.3 is 5.32 Å². The molecule has 1 atom stereocenters. The maximum atomic E-state index is 12.2. The maximum absolute atomic E-state index is 12.2. The van der Waals surface area contributed by atoms with Crippen LogP contribution in [0.25, 0.3) is 0 Å². The van der Waals surface area contributed by atoms with Crippen LogP contribution in [0.2, 0.25) is 10.0 Å². The van der Waals surface area contributed by atoms with Crippen molar-refractivity contribution in [1.29, 1.82) is 0 Å². The Kier molecular flexibility index (Phi) is 5.01. The number of halogens is 2. The summed E-state index contributed by atoms with van der Waals surface area (Å²) in [5, 5.41) is 13.6. The molecule has 21 heavy (non-hydrogen) atoms. The highest BCUT2D eigenvalue weighted by Crippen LogP contribution is 2.37. The van der Waals surface area contributed by atoms with Crippen LogP contribution >= 0.6 is 35.0 Å². The second-order valence-corrected chi connectivity index (χ2v) is 7.60. The van der Waals surface area contributed by atoms with Gasteiger partial charge in [0.1, 0.15) is 0 Å². The molecular formula is C13H14Cl2N2O3S. The van der Waals surface area contributed by atoms with Crippen molar-refractivity contribution in [3.05, 3.63) is 37.9 Å². The standard InChI is InChI=1S/C13H14Cl2N2O3S/c1-13(3-2-4-21-13)7-16-12(18)9-5-8(17(19)20)6-10(14)11(9)15/h5-6H,2-4,7H2,1H3,(H,16,18). The van der Waals surface area contributed by atoms with Crippen molar-refractivity contribution in [2.45, 2.75) is 24.5 Å². The van der Waals surface area contributed by atoms with Crippen LogP contribution in [0.1, 0.15) is 30.1 Å².